The molecule has 100 valence electrons. The molecule has 0 aromatic heterocycles. The second-order valence-corrected chi connectivity index (χ2v) is 4.82. The second-order valence-electron chi connectivity index (χ2n) is 3.45. The summed E-state index contributed by atoms with van der Waals surface area (Å²) < 4.78 is 33.8. The van der Waals surface area contributed by atoms with E-state index in [4.69, 9.17) is 4.74 Å². The number of hydrogen-bond donors (Lipinski definition) is 0. The summed E-state index contributed by atoms with van der Waals surface area (Å²) in [5.41, 5.74) is 0.222. The van der Waals surface area contributed by atoms with E-state index in [0.29, 0.717) is 12.4 Å². The summed E-state index contributed by atoms with van der Waals surface area (Å²) in [5, 5.41) is 0. The van der Waals surface area contributed by atoms with Crippen LogP contribution in [-0.2, 0) is 0 Å². The Balaban J connectivity index is 3.11. The molecule has 1 atom stereocenters. The predicted molar refractivity (Wildman–Crippen MR) is 67.0 cm³/mol. The minimum absolute atomic E-state index is 0.0649. The normalized spacial score (nSPS) is 12.3. The molecule has 0 spiro atoms. The lowest BCUT2D eigenvalue weighted by molar-refractivity contribution is -0.0499. The summed E-state index contributed by atoms with van der Waals surface area (Å²) in [4.78, 5) is 11.5. The highest BCUT2D eigenvalue weighted by atomic mass is 79.9. The summed E-state index contributed by atoms with van der Waals surface area (Å²) in [7, 11) is 0. The lowest BCUT2D eigenvalue weighted by atomic mass is 10.1. The molecule has 6 heteroatoms. The largest absolute Gasteiger partial charge is 0.493 e. The molecule has 18 heavy (non-hydrogen) atoms. The van der Waals surface area contributed by atoms with Crippen LogP contribution in [0.3, 0.4) is 0 Å². The molecule has 1 aromatic carbocycles. The van der Waals surface area contributed by atoms with Gasteiger partial charge < -0.3 is 9.47 Å². The number of alkyl halides is 3. The monoisotopic (exact) mass is 322 g/mol. The van der Waals surface area contributed by atoms with Gasteiger partial charge in [0.25, 0.3) is 0 Å². The minimum atomic E-state index is -2.92. The Morgan fingerprint density at radius 2 is 2.11 bits per heavy atom. The lowest BCUT2D eigenvalue weighted by Crippen LogP contribution is -2.13. The van der Waals surface area contributed by atoms with Crippen molar-refractivity contribution in [1.29, 1.82) is 0 Å². The first-order valence-corrected chi connectivity index (χ1v) is 6.27. The van der Waals surface area contributed by atoms with E-state index in [-0.39, 0.29) is 17.1 Å². The number of ether oxygens (including phenoxy) is 2. The zero-order chi connectivity index (χ0) is 13.7. The zero-order valence-electron chi connectivity index (χ0n) is 9.95. The maximum atomic E-state index is 12.1. The van der Waals surface area contributed by atoms with E-state index < -0.39 is 11.4 Å². The third kappa shape index (κ3) is 3.94. The number of Topliss-reactive ketones (excluding diaryl/α,β-unsaturated/α-hetero) is 1. The van der Waals surface area contributed by atoms with Gasteiger partial charge in [0.05, 0.1) is 17.0 Å². The number of rotatable bonds is 6. The highest BCUT2D eigenvalue weighted by Gasteiger charge is 2.19. The molecule has 0 heterocycles. The van der Waals surface area contributed by atoms with Crippen molar-refractivity contribution in [3.05, 3.63) is 23.8 Å². The van der Waals surface area contributed by atoms with Crippen LogP contribution in [0, 0.1) is 0 Å². The molecule has 0 radical (unpaired) electrons. The molecule has 0 amide bonds. The van der Waals surface area contributed by atoms with Crippen LogP contribution >= 0.6 is 15.9 Å². The fourth-order valence-corrected chi connectivity index (χ4v) is 1.62. The maximum Gasteiger partial charge on any atom is 0.387 e. The molecule has 0 saturated carbocycles. The van der Waals surface area contributed by atoms with Crippen LogP contribution in [-0.4, -0.2) is 23.8 Å². The number of benzene rings is 1. The summed E-state index contributed by atoms with van der Waals surface area (Å²) in [6.45, 7) is 0.882. The summed E-state index contributed by atoms with van der Waals surface area (Å²) in [6, 6.07) is 4.05. The van der Waals surface area contributed by atoms with E-state index in [1.807, 2.05) is 0 Å². The van der Waals surface area contributed by atoms with Crippen molar-refractivity contribution in [3.63, 3.8) is 0 Å². The fourth-order valence-electron chi connectivity index (χ4n) is 1.37. The van der Waals surface area contributed by atoms with Crippen molar-refractivity contribution in [2.75, 3.05) is 6.61 Å². The summed E-state index contributed by atoms with van der Waals surface area (Å²) in [6.07, 6.45) is 0. The first-order valence-electron chi connectivity index (χ1n) is 5.35. The van der Waals surface area contributed by atoms with Crippen LogP contribution in [0.4, 0.5) is 8.78 Å². The van der Waals surface area contributed by atoms with Crippen molar-refractivity contribution in [2.24, 2.45) is 0 Å². The zero-order valence-corrected chi connectivity index (χ0v) is 11.5. The molecule has 0 fully saturated rings. The standard InChI is InChI=1S/C12H13BrF2O3/c1-3-17-10-5-4-8(18-12(14)15)6-9(10)11(16)7(2)13/h4-7,12H,3H2,1-2H3. The van der Waals surface area contributed by atoms with Crippen LogP contribution in [0.15, 0.2) is 18.2 Å². The summed E-state index contributed by atoms with van der Waals surface area (Å²) in [5.74, 6) is 0.0403. The minimum Gasteiger partial charge on any atom is -0.493 e. The van der Waals surface area contributed by atoms with Crippen molar-refractivity contribution >= 4 is 21.7 Å². The Labute approximate surface area is 112 Å². The van der Waals surface area contributed by atoms with Crippen molar-refractivity contribution < 1.29 is 23.0 Å². The van der Waals surface area contributed by atoms with Gasteiger partial charge >= 0.3 is 6.61 Å². The average Bonchev–Trinajstić information content (AvgIpc) is 2.29. The molecule has 1 aromatic rings. The van der Waals surface area contributed by atoms with Gasteiger partial charge in [-0.05, 0) is 32.0 Å². The van der Waals surface area contributed by atoms with Crippen LogP contribution in [0.25, 0.3) is 0 Å². The third-order valence-corrected chi connectivity index (χ3v) is 2.52. The maximum absolute atomic E-state index is 12.1. The highest BCUT2D eigenvalue weighted by molar-refractivity contribution is 9.10. The van der Waals surface area contributed by atoms with Crippen molar-refractivity contribution in [1.82, 2.24) is 0 Å². The molecule has 0 saturated heterocycles. The van der Waals surface area contributed by atoms with E-state index >= 15 is 0 Å². The van der Waals surface area contributed by atoms with Gasteiger partial charge in [0.2, 0.25) is 0 Å². The fraction of sp³-hybridized carbons (Fsp3) is 0.417. The Hall–Kier alpha value is -1.17. The molecule has 3 nitrogen and oxygen atoms in total. The predicted octanol–water partition coefficient (Wildman–Crippen LogP) is 3.65. The van der Waals surface area contributed by atoms with Crippen LogP contribution < -0.4 is 9.47 Å². The van der Waals surface area contributed by atoms with Gasteiger partial charge in [-0.1, -0.05) is 15.9 Å². The number of carbonyl (C=O) groups is 1. The second kappa shape index (κ2) is 6.68. The SMILES string of the molecule is CCOc1ccc(OC(F)F)cc1C(=O)C(C)Br. The number of halogens is 3. The molecule has 1 unspecified atom stereocenters. The van der Waals surface area contributed by atoms with Crippen LogP contribution in [0.5, 0.6) is 11.5 Å². The molecule has 0 N–H and O–H groups in total. The van der Waals surface area contributed by atoms with E-state index in [9.17, 15) is 13.6 Å². The van der Waals surface area contributed by atoms with E-state index in [1.54, 1.807) is 13.8 Å². The topological polar surface area (TPSA) is 35.5 Å². The van der Waals surface area contributed by atoms with E-state index in [1.165, 1.54) is 18.2 Å². The lowest BCUT2D eigenvalue weighted by Gasteiger charge is -2.12. The molecule has 0 aliphatic rings. The van der Waals surface area contributed by atoms with Gasteiger partial charge in [-0.2, -0.15) is 8.78 Å². The molecule has 0 aliphatic heterocycles. The Morgan fingerprint density at radius 1 is 1.44 bits per heavy atom. The molecule has 0 aliphatic carbocycles. The van der Waals surface area contributed by atoms with Gasteiger partial charge in [0, 0.05) is 0 Å². The van der Waals surface area contributed by atoms with E-state index in [2.05, 4.69) is 20.7 Å². The van der Waals surface area contributed by atoms with Crippen molar-refractivity contribution in [3.8, 4) is 11.5 Å². The number of hydrogen-bond acceptors (Lipinski definition) is 3. The quantitative estimate of drug-likeness (QED) is 0.592. The smallest absolute Gasteiger partial charge is 0.387 e. The van der Waals surface area contributed by atoms with Gasteiger partial charge in [0.15, 0.2) is 5.78 Å². The number of ketones is 1. The molecular weight excluding hydrogens is 310 g/mol. The van der Waals surface area contributed by atoms with Crippen molar-refractivity contribution in [2.45, 2.75) is 25.3 Å². The average molecular weight is 323 g/mol. The van der Waals surface area contributed by atoms with E-state index in [0.717, 1.165) is 0 Å². The third-order valence-electron chi connectivity index (χ3n) is 2.10. The van der Waals surface area contributed by atoms with Crippen LogP contribution in [0.1, 0.15) is 24.2 Å². The first-order chi connectivity index (χ1) is 8.45. The highest BCUT2D eigenvalue weighted by Crippen LogP contribution is 2.27. The molecular formula is C12H13BrF2O3. The van der Waals surface area contributed by atoms with Gasteiger partial charge in [0.1, 0.15) is 11.5 Å². The summed E-state index contributed by atoms with van der Waals surface area (Å²) >= 11 is 3.14. The van der Waals surface area contributed by atoms with Gasteiger partial charge in [-0.25, -0.2) is 0 Å². The Morgan fingerprint density at radius 3 is 2.61 bits per heavy atom. The first kappa shape index (κ1) is 14.9. The Kier molecular flexibility index (Phi) is 5.53. The van der Waals surface area contributed by atoms with Gasteiger partial charge in [-0.15, -0.1) is 0 Å². The molecule has 0 bridgehead atoms. The molecule has 1 rings (SSSR count). The number of carbonyl (C=O) groups excluding carboxylic acids is 1. The van der Waals surface area contributed by atoms with Crippen LogP contribution in [0.2, 0.25) is 0 Å². The van der Waals surface area contributed by atoms with Gasteiger partial charge in [-0.3, -0.25) is 4.79 Å². The Bertz CT molecular complexity index is 422.